The lowest BCUT2D eigenvalue weighted by Gasteiger charge is -2.44. The van der Waals surface area contributed by atoms with Gasteiger partial charge in [0.05, 0.1) is 28.5 Å². The molecule has 1 saturated heterocycles. The van der Waals surface area contributed by atoms with E-state index < -0.39 is 30.9 Å². The van der Waals surface area contributed by atoms with Crippen LogP contribution in [0.4, 0.5) is 4.79 Å². The molecule has 1 atom stereocenters. The monoisotopic (exact) mass is 843 g/mol. The van der Waals surface area contributed by atoms with E-state index in [2.05, 4.69) is 9.62 Å². The van der Waals surface area contributed by atoms with Gasteiger partial charge in [-0.1, -0.05) is 59.1 Å². The molecule has 1 N–H and O–H groups in total. The zero-order valence-corrected chi connectivity index (χ0v) is 35.9. The van der Waals surface area contributed by atoms with Crippen LogP contribution < -0.4 is 9.46 Å². The number of carbonyl (C=O) groups excluding carboxylic acids is 1. The highest BCUT2D eigenvalue weighted by molar-refractivity contribution is 7.90. The third-order valence-corrected chi connectivity index (χ3v) is 12.9. The number of allylic oxidation sites excluding steroid dienone is 3. The van der Waals surface area contributed by atoms with Gasteiger partial charge in [-0.2, -0.15) is 0 Å². The molecule has 1 aliphatic carbocycles. The summed E-state index contributed by atoms with van der Waals surface area (Å²) in [6, 6.07) is 9.77. The Kier molecular flexibility index (Phi) is 14.8. The van der Waals surface area contributed by atoms with Gasteiger partial charge in [0.1, 0.15) is 26.3 Å². The zero-order valence-electron chi connectivity index (χ0n) is 32.0. The maximum Gasteiger partial charge on any atom is 0.326 e. The maximum absolute atomic E-state index is 15.2. The average molecular weight is 845 g/mol. The molecule has 0 radical (unpaired) electrons. The van der Waals surface area contributed by atoms with Crippen molar-refractivity contribution >= 4 is 66.5 Å². The quantitative estimate of drug-likeness (QED) is 0.165. The van der Waals surface area contributed by atoms with Crippen molar-refractivity contribution in [3.05, 3.63) is 80.8 Å². The molecule has 1 heterocycles. The Labute approximate surface area is 336 Å². The molecule has 54 heavy (non-hydrogen) atoms. The van der Waals surface area contributed by atoms with Crippen LogP contribution in [0.5, 0.6) is 5.75 Å². The molecule has 2 aromatic rings. The van der Waals surface area contributed by atoms with Gasteiger partial charge in [0.2, 0.25) is 10.0 Å². The summed E-state index contributed by atoms with van der Waals surface area (Å²) >= 11 is 19.3. The fourth-order valence-electron chi connectivity index (χ4n) is 6.34. The Morgan fingerprint density at radius 3 is 2.20 bits per heavy atom. The summed E-state index contributed by atoms with van der Waals surface area (Å²) in [6.07, 6.45) is 8.05. The fraction of sp³-hybridized carbons (Fsp3) is 0.526. The minimum absolute atomic E-state index is 0.0462. The fourth-order valence-corrected chi connectivity index (χ4v) is 9.24. The number of carbonyl (C=O) groups is 1. The van der Waals surface area contributed by atoms with Gasteiger partial charge in [-0.05, 0) is 90.8 Å². The van der Waals surface area contributed by atoms with E-state index in [0.29, 0.717) is 55.6 Å². The van der Waals surface area contributed by atoms with Crippen molar-refractivity contribution in [1.82, 2.24) is 19.4 Å². The van der Waals surface area contributed by atoms with E-state index in [1.165, 1.54) is 18.4 Å². The normalized spacial score (nSPS) is 17.7. The Morgan fingerprint density at radius 1 is 1.00 bits per heavy atom. The number of piperazine rings is 1. The van der Waals surface area contributed by atoms with E-state index in [0.717, 1.165) is 5.56 Å². The van der Waals surface area contributed by atoms with Crippen LogP contribution in [0.3, 0.4) is 0 Å². The summed E-state index contributed by atoms with van der Waals surface area (Å²) in [6.45, 7) is 13.7. The predicted molar refractivity (Wildman–Crippen MR) is 219 cm³/mol. The minimum atomic E-state index is -4.16. The number of amidine groups is 1. The number of sulfone groups is 1. The van der Waals surface area contributed by atoms with E-state index in [1.807, 2.05) is 44.2 Å². The van der Waals surface area contributed by atoms with Crippen LogP contribution in [0.15, 0.2) is 69.5 Å². The number of hydrogen-bond acceptors (Lipinski definition) is 8. The molecule has 0 spiro atoms. The molecule has 1 aliphatic heterocycles. The molecule has 2 aliphatic rings. The molecule has 1 fully saturated rings. The van der Waals surface area contributed by atoms with Crippen LogP contribution in [0.25, 0.3) is 0 Å². The predicted octanol–water partition coefficient (Wildman–Crippen LogP) is 7.32. The molecule has 11 nitrogen and oxygen atoms in total. The van der Waals surface area contributed by atoms with E-state index in [4.69, 9.17) is 44.5 Å². The molecule has 0 bridgehead atoms. The number of halogens is 3. The lowest BCUT2D eigenvalue weighted by atomic mass is 9.91. The number of urea groups is 1. The molecule has 0 unspecified atom stereocenters. The summed E-state index contributed by atoms with van der Waals surface area (Å²) in [5.74, 6) is 0.511. The number of nitrogens with one attached hydrogen (secondary N) is 1. The molecule has 0 aromatic heterocycles. The SMILES string of the molecule is CCOc1cc(Cl)c(S(=O)(=O)NC(C)(C)C)cc1/C(=N/C[C@@H]1C=CC(Cl)=CC1)N(C(=O)N1CCN(CCCS(C)(=O)=O)CC1)C(C)(C)c1ccc(Cl)cc1. The average Bonchev–Trinajstić information content (AvgIpc) is 3.06. The van der Waals surface area contributed by atoms with Crippen molar-refractivity contribution in [2.45, 2.75) is 70.4 Å². The molecule has 16 heteroatoms. The van der Waals surface area contributed by atoms with Gasteiger partial charge in [-0.25, -0.2) is 26.4 Å². The first-order valence-electron chi connectivity index (χ1n) is 18.0. The summed E-state index contributed by atoms with van der Waals surface area (Å²) < 4.78 is 60.0. The number of amides is 2. The number of ether oxygens (including phenoxy) is 1. The van der Waals surface area contributed by atoms with Crippen molar-refractivity contribution in [2.24, 2.45) is 10.9 Å². The van der Waals surface area contributed by atoms with Gasteiger partial charge in [0.15, 0.2) is 0 Å². The highest BCUT2D eigenvalue weighted by Crippen LogP contribution is 2.37. The summed E-state index contributed by atoms with van der Waals surface area (Å²) in [5, 5.41) is 1.11. The number of rotatable bonds is 13. The number of sulfonamides is 1. The lowest BCUT2D eigenvalue weighted by molar-refractivity contribution is 0.107. The van der Waals surface area contributed by atoms with Crippen LogP contribution in [-0.4, -0.2) is 107 Å². The highest BCUT2D eigenvalue weighted by Gasteiger charge is 2.41. The first kappa shape index (κ1) is 44.1. The molecule has 4 rings (SSSR count). The van der Waals surface area contributed by atoms with Crippen molar-refractivity contribution in [3.63, 3.8) is 0 Å². The molecule has 0 saturated carbocycles. The second-order valence-corrected chi connectivity index (χ2v) is 20.4. The van der Waals surface area contributed by atoms with Crippen LogP contribution in [0, 0.1) is 5.92 Å². The largest absolute Gasteiger partial charge is 0.493 e. The van der Waals surface area contributed by atoms with Crippen LogP contribution in [0.1, 0.15) is 65.5 Å². The molecule has 2 amide bonds. The highest BCUT2D eigenvalue weighted by atomic mass is 35.5. The van der Waals surface area contributed by atoms with Crippen LogP contribution >= 0.6 is 34.8 Å². The number of nitrogens with zero attached hydrogens (tertiary/aromatic N) is 4. The van der Waals surface area contributed by atoms with Crippen molar-refractivity contribution in [2.75, 3.05) is 57.9 Å². The zero-order chi connectivity index (χ0) is 40.1. The Bertz CT molecular complexity index is 1970. The summed E-state index contributed by atoms with van der Waals surface area (Å²) in [7, 11) is -7.24. The van der Waals surface area contributed by atoms with Gasteiger partial charge >= 0.3 is 6.03 Å². The number of aliphatic imine (C=N–C) groups is 1. The Morgan fingerprint density at radius 2 is 1.65 bits per heavy atom. The van der Waals surface area contributed by atoms with E-state index in [-0.39, 0.29) is 57.9 Å². The topological polar surface area (TPSA) is 129 Å². The first-order valence-corrected chi connectivity index (χ1v) is 22.6. The van der Waals surface area contributed by atoms with Crippen molar-refractivity contribution < 1.29 is 26.4 Å². The third kappa shape index (κ3) is 11.9. The summed E-state index contributed by atoms with van der Waals surface area (Å²) in [5.41, 5.74) is -0.844. The maximum atomic E-state index is 15.2. The Hall–Kier alpha value is -2.65. The van der Waals surface area contributed by atoms with Crippen molar-refractivity contribution in [3.8, 4) is 5.75 Å². The standard InChI is InChI=1S/C38H52Cl3N5O6S2/c1-8-52-33-25-32(41)34(54(50,51)43-37(2,3)4)24-31(33)35(42-26-27-10-14-29(39)15-11-27)46(38(5,6)28-12-16-30(40)17-13-28)36(47)45-21-19-44(20-22-45)18-9-23-53(7,48)49/h10,12-17,24-25,27,43H,8-9,11,18-23,26H2,1-7H3/b42-35-/t27-/m1/s1. The van der Waals surface area contributed by atoms with Crippen LogP contribution in [-0.2, 0) is 25.4 Å². The molecule has 298 valence electrons. The van der Waals surface area contributed by atoms with Gasteiger partial charge in [-0.3, -0.25) is 14.8 Å². The van der Waals surface area contributed by atoms with Crippen LogP contribution in [0.2, 0.25) is 10.0 Å². The van der Waals surface area contributed by atoms with Gasteiger partial charge < -0.3 is 9.64 Å². The van der Waals surface area contributed by atoms with E-state index in [1.54, 1.807) is 49.6 Å². The van der Waals surface area contributed by atoms with Gasteiger partial charge in [-0.15, -0.1) is 0 Å². The second kappa shape index (κ2) is 18.1. The second-order valence-electron chi connectivity index (χ2n) is 15.2. The number of benzene rings is 2. The number of hydrogen-bond donors (Lipinski definition) is 1. The Balaban J connectivity index is 1.91. The molecular formula is C38H52Cl3N5O6S2. The third-order valence-electron chi connectivity index (χ3n) is 9.07. The minimum Gasteiger partial charge on any atom is -0.493 e. The van der Waals surface area contributed by atoms with E-state index >= 15 is 4.79 Å². The smallest absolute Gasteiger partial charge is 0.326 e. The molecule has 2 aromatic carbocycles. The van der Waals surface area contributed by atoms with Gasteiger partial charge in [0.25, 0.3) is 0 Å². The molecular weight excluding hydrogens is 793 g/mol. The first-order chi connectivity index (χ1) is 25.1. The summed E-state index contributed by atoms with van der Waals surface area (Å²) in [4.78, 5) is 25.6. The van der Waals surface area contributed by atoms with Gasteiger partial charge in [0, 0.05) is 66.6 Å². The lowest BCUT2D eigenvalue weighted by Crippen LogP contribution is -2.58. The van der Waals surface area contributed by atoms with Crippen molar-refractivity contribution in [1.29, 1.82) is 0 Å². The van der Waals surface area contributed by atoms with E-state index in [9.17, 15) is 16.8 Å².